The van der Waals surface area contributed by atoms with E-state index in [-0.39, 0.29) is 11.3 Å². The van der Waals surface area contributed by atoms with Crippen LogP contribution in [0.25, 0.3) is 0 Å². The van der Waals surface area contributed by atoms with Crippen molar-refractivity contribution in [2.45, 2.75) is 32.4 Å². The monoisotopic (exact) mass is 275 g/mol. The number of nitrogens with zero attached hydrogens (tertiary/aromatic N) is 1. The van der Waals surface area contributed by atoms with Gasteiger partial charge in [0.15, 0.2) is 0 Å². The summed E-state index contributed by atoms with van der Waals surface area (Å²) < 4.78 is 38.3. The molecule has 0 heterocycles. The second-order valence-electron chi connectivity index (χ2n) is 4.10. The average molecular weight is 275 g/mol. The fourth-order valence-electron chi connectivity index (χ4n) is 1.91. The summed E-state index contributed by atoms with van der Waals surface area (Å²) in [6.45, 7) is 2.95. The fraction of sp³-hybridized carbons (Fsp3) is 0.417. The van der Waals surface area contributed by atoms with Crippen LogP contribution >= 0.6 is 0 Å². The van der Waals surface area contributed by atoms with E-state index in [0.29, 0.717) is 12.5 Å². The normalized spacial score (nSPS) is 13.1. The average Bonchev–Trinajstić information content (AvgIpc) is 2.27. The Balaban J connectivity index is 3.41. The van der Waals surface area contributed by atoms with E-state index in [9.17, 15) is 28.1 Å². The summed E-state index contributed by atoms with van der Waals surface area (Å²) in [5.41, 5.74) is -2.18. The number of hydrogen-bond donors (Lipinski definition) is 0. The molecule has 0 saturated heterocycles. The van der Waals surface area contributed by atoms with E-state index in [2.05, 4.69) is 0 Å². The van der Waals surface area contributed by atoms with Gasteiger partial charge in [-0.1, -0.05) is 13.0 Å². The van der Waals surface area contributed by atoms with Crippen LogP contribution in [0, 0.1) is 10.1 Å². The van der Waals surface area contributed by atoms with E-state index in [0.717, 1.165) is 6.07 Å². The molecule has 1 atom stereocenters. The Morgan fingerprint density at radius 2 is 2.00 bits per heavy atom. The van der Waals surface area contributed by atoms with Crippen molar-refractivity contribution >= 4 is 11.5 Å². The number of ketones is 1. The number of halogens is 3. The molecule has 0 bridgehead atoms. The third-order valence-electron chi connectivity index (χ3n) is 2.82. The van der Waals surface area contributed by atoms with Gasteiger partial charge in [-0.25, -0.2) is 0 Å². The number of nitro groups is 1. The van der Waals surface area contributed by atoms with E-state index < -0.39 is 28.3 Å². The summed E-state index contributed by atoms with van der Waals surface area (Å²) in [6, 6.07) is 2.68. The van der Waals surface area contributed by atoms with Gasteiger partial charge in [0.2, 0.25) is 0 Å². The summed E-state index contributed by atoms with van der Waals surface area (Å²) in [4.78, 5) is 20.8. The SMILES string of the molecule is CCC(C(C)=O)c1ccc([N+](=O)[O-])c(C(F)(F)F)c1. The van der Waals surface area contributed by atoms with Gasteiger partial charge in [0.05, 0.1) is 4.92 Å². The molecular weight excluding hydrogens is 263 g/mol. The molecule has 7 heteroatoms. The number of hydrogen-bond acceptors (Lipinski definition) is 3. The van der Waals surface area contributed by atoms with Crippen LogP contribution in [0.1, 0.15) is 37.3 Å². The number of nitro benzene ring substituents is 1. The second kappa shape index (κ2) is 5.38. The molecule has 0 radical (unpaired) electrons. The molecule has 19 heavy (non-hydrogen) atoms. The van der Waals surface area contributed by atoms with Crippen LogP contribution in [0.15, 0.2) is 18.2 Å². The van der Waals surface area contributed by atoms with Crippen LogP contribution in [0.4, 0.5) is 18.9 Å². The zero-order valence-corrected chi connectivity index (χ0v) is 10.3. The topological polar surface area (TPSA) is 60.2 Å². The standard InChI is InChI=1S/C12H12F3NO3/c1-3-9(7(2)17)8-4-5-11(16(18)19)10(6-8)12(13,14)15/h4-6,9H,3H2,1-2H3. The Morgan fingerprint density at radius 1 is 1.42 bits per heavy atom. The number of alkyl halides is 3. The van der Waals surface area contributed by atoms with E-state index in [1.54, 1.807) is 6.92 Å². The molecule has 0 aromatic heterocycles. The summed E-state index contributed by atoms with van der Waals surface area (Å²) in [5.74, 6) is -0.952. The van der Waals surface area contributed by atoms with Gasteiger partial charge >= 0.3 is 6.18 Å². The molecule has 0 aliphatic carbocycles. The minimum Gasteiger partial charge on any atom is -0.299 e. The molecule has 1 aromatic carbocycles. The van der Waals surface area contributed by atoms with Crippen molar-refractivity contribution < 1.29 is 22.9 Å². The number of carbonyl (C=O) groups is 1. The summed E-state index contributed by atoms with van der Waals surface area (Å²) in [5, 5.41) is 10.6. The Bertz CT molecular complexity index is 511. The lowest BCUT2D eigenvalue weighted by atomic mass is 9.91. The number of rotatable bonds is 4. The molecular formula is C12H12F3NO3. The maximum atomic E-state index is 12.8. The lowest BCUT2D eigenvalue weighted by molar-refractivity contribution is -0.388. The Labute approximate surface area is 107 Å². The molecule has 0 N–H and O–H groups in total. The van der Waals surface area contributed by atoms with Gasteiger partial charge in [-0.15, -0.1) is 0 Å². The molecule has 0 saturated carbocycles. The van der Waals surface area contributed by atoms with E-state index in [1.807, 2.05) is 0 Å². The van der Waals surface area contributed by atoms with E-state index in [4.69, 9.17) is 0 Å². The summed E-state index contributed by atoms with van der Waals surface area (Å²) in [7, 11) is 0. The van der Waals surface area contributed by atoms with E-state index in [1.165, 1.54) is 13.0 Å². The van der Waals surface area contributed by atoms with Crippen molar-refractivity contribution in [3.63, 3.8) is 0 Å². The Kier molecular flexibility index (Phi) is 4.28. The van der Waals surface area contributed by atoms with Crippen molar-refractivity contribution in [1.29, 1.82) is 0 Å². The highest BCUT2D eigenvalue weighted by molar-refractivity contribution is 5.83. The minimum atomic E-state index is -4.83. The zero-order chi connectivity index (χ0) is 14.8. The molecule has 0 aliphatic heterocycles. The first-order valence-corrected chi connectivity index (χ1v) is 5.54. The first-order chi connectivity index (χ1) is 8.68. The molecule has 1 aromatic rings. The first kappa shape index (κ1) is 15.1. The number of benzene rings is 1. The van der Waals surface area contributed by atoms with Crippen molar-refractivity contribution in [2.75, 3.05) is 0 Å². The molecule has 1 unspecified atom stereocenters. The van der Waals surface area contributed by atoms with Crippen molar-refractivity contribution in [3.8, 4) is 0 Å². The predicted molar refractivity (Wildman–Crippen MR) is 61.8 cm³/mol. The Hall–Kier alpha value is -1.92. The fourth-order valence-corrected chi connectivity index (χ4v) is 1.91. The van der Waals surface area contributed by atoms with Gasteiger partial charge in [0.1, 0.15) is 11.3 Å². The lowest BCUT2D eigenvalue weighted by Crippen LogP contribution is -2.13. The maximum Gasteiger partial charge on any atom is 0.423 e. The maximum absolute atomic E-state index is 12.8. The molecule has 0 aliphatic rings. The van der Waals surface area contributed by atoms with Crippen molar-refractivity contribution in [1.82, 2.24) is 0 Å². The van der Waals surface area contributed by atoms with Gasteiger partial charge in [0.25, 0.3) is 5.69 Å². The highest BCUT2D eigenvalue weighted by Gasteiger charge is 2.38. The molecule has 0 spiro atoms. The van der Waals surface area contributed by atoms with Crippen LogP contribution in [0.5, 0.6) is 0 Å². The Morgan fingerprint density at radius 3 is 2.37 bits per heavy atom. The van der Waals surface area contributed by atoms with Crippen LogP contribution in [0.3, 0.4) is 0 Å². The minimum absolute atomic E-state index is 0.146. The van der Waals surface area contributed by atoms with Crippen LogP contribution in [-0.2, 0) is 11.0 Å². The van der Waals surface area contributed by atoms with E-state index >= 15 is 0 Å². The smallest absolute Gasteiger partial charge is 0.299 e. The lowest BCUT2D eigenvalue weighted by Gasteiger charge is -2.14. The first-order valence-electron chi connectivity index (χ1n) is 5.54. The predicted octanol–water partition coefficient (Wildman–Crippen LogP) is 3.70. The molecule has 0 fully saturated rings. The molecule has 104 valence electrons. The third-order valence-corrected chi connectivity index (χ3v) is 2.82. The van der Waals surface area contributed by atoms with Crippen molar-refractivity contribution in [2.24, 2.45) is 0 Å². The van der Waals surface area contributed by atoms with Crippen LogP contribution in [-0.4, -0.2) is 10.7 Å². The highest BCUT2D eigenvalue weighted by Crippen LogP contribution is 2.38. The molecule has 4 nitrogen and oxygen atoms in total. The van der Waals surface area contributed by atoms with Gasteiger partial charge in [-0.2, -0.15) is 13.2 Å². The third kappa shape index (κ3) is 3.30. The molecule has 0 amide bonds. The highest BCUT2D eigenvalue weighted by atomic mass is 19.4. The van der Waals surface area contributed by atoms with Gasteiger partial charge in [0, 0.05) is 12.0 Å². The van der Waals surface area contributed by atoms with Crippen LogP contribution < -0.4 is 0 Å². The van der Waals surface area contributed by atoms with Gasteiger partial charge in [-0.3, -0.25) is 14.9 Å². The van der Waals surface area contributed by atoms with Crippen LogP contribution in [0.2, 0.25) is 0 Å². The number of Topliss-reactive ketones (excluding diaryl/α,β-unsaturated/α-hetero) is 1. The largest absolute Gasteiger partial charge is 0.423 e. The molecule has 1 rings (SSSR count). The van der Waals surface area contributed by atoms with Gasteiger partial charge in [-0.05, 0) is 25.0 Å². The second-order valence-corrected chi connectivity index (χ2v) is 4.10. The van der Waals surface area contributed by atoms with Crippen molar-refractivity contribution in [3.05, 3.63) is 39.4 Å². The number of carbonyl (C=O) groups excluding carboxylic acids is 1. The quantitative estimate of drug-likeness (QED) is 0.621. The summed E-state index contributed by atoms with van der Waals surface area (Å²) >= 11 is 0. The zero-order valence-electron chi connectivity index (χ0n) is 10.3. The van der Waals surface area contributed by atoms with Gasteiger partial charge < -0.3 is 0 Å². The summed E-state index contributed by atoms with van der Waals surface area (Å²) in [6.07, 6.45) is -4.49.